The number of aromatic nitrogens is 5. The molecule has 0 N–H and O–H groups in total. The Morgan fingerprint density at radius 3 is 1.36 bits per heavy atom. The summed E-state index contributed by atoms with van der Waals surface area (Å²) in [5.41, 5.74) is 3.36. The van der Waals surface area contributed by atoms with Crippen molar-refractivity contribution in [3.63, 3.8) is 0 Å². The van der Waals surface area contributed by atoms with E-state index in [1.165, 1.54) is 30.3 Å². The van der Waals surface area contributed by atoms with Gasteiger partial charge in [-0.2, -0.15) is 0 Å². The molecule has 0 saturated carbocycles. The molecule has 56 valence electrons. The molecular weight excluding hydrogens is 162 g/mol. The minimum absolute atomic E-state index is 1.44. The van der Waals surface area contributed by atoms with Crippen LogP contribution in [0.4, 0.5) is 0 Å². The first-order chi connectivity index (χ1) is 5.50. The smallest absolute Gasteiger partial charge is 0.119 e. The van der Waals surface area contributed by atoms with E-state index in [9.17, 15) is 0 Å². The molecule has 5 nitrogen and oxygen atoms in total. The molecule has 0 aromatic carbocycles. The van der Waals surface area contributed by atoms with Crippen LogP contribution in [0.2, 0.25) is 0 Å². The first-order valence-electron chi connectivity index (χ1n) is 2.74. The van der Waals surface area contributed by atoms with Crippen LogP contribution in [0.5, 0.6) is 0 Å². The fourth-order valence-electron chi connectivity index (χ4n) is 0.341. The summed E-state index contributed by atoms with van der Waals surface area (Å²) in [5.74, 6) is 0. The van der Waals surface area contributed by atoms with E-state index in [0.29, 0.717) is 0 Å². The van der Waals surface area contributed by atoms with Crippen molar-refractivity contribution in [3.05, 3.63) is 30.0 Å². The number of hydrogen-bond acceptors (Lipinski definition) is 6. The minimum atomic E-state index is 1.44. The molecule has 0 saturated heterocycles. The van der Waals surface area contributed by atoms with Crippen molar-refractivity contribution in [2.24, 2.45) is 0 Å². The molecule has 0 unspecified atom stereocenters. The van der Waals surface area contributed by atoms with Crippen molar-refractivity contribution in [3.8, 4) is 0 Å². The van der Waals surface area contributed by atoms with E-state index >= 15 is 0 Å². The van der Waals surface area contributed by atoms with Crippen molar-refractivity contribution in [2.45, 2.75) is 0 Å². The molecule has 2 aromatic rings. The number of hydrogen-bond donors (Lipinski definition) is 0. The summed E-state index contributed by atoms with van der Waals surface area (Å²) in [6.07, 6.45) is 4.31. The molecule has 2 heterocycles. The molecule has 0 fully saturated rings. The zero-order chi connectivity index (χ0) is 7.78. The van der Waals surface area contributed by atoms with Crippen LogP contribution < -0.4 is 0 Å². The first kappa shape index (κ1) is 7.67. The molecule has 0 aliphatic rings. The van der Waals surface area contributed by atoms with Crippen molar-refractivity contribution >= 4 is 11.3 Å². The maximum Gasteiger partial charge on any atom is 0.119 e. The molecular formula is C5H5N5S. The maximum atomic E-state index is 3.56. The molecule has 6 heteroatoms. The molecule has 2 aromatic heterocycles. The minimum Gasteiger partial charge on any atom is -0.225 e. The lowest BCUT2D eigenvalue weighted by atomic mass is 11.1. The van der Waals surface area contributed by atoms with E-state index in [2.05, 4.69) is 25.1 Å². The average molecular weight is 167 g/mol. The fourth-order valence-corrected chi connectivity index (χ4v) is 0.613. The lowest BCUT2D eigenvalue weighted by molar-refractivity contribution is 1.05. The SMILES string of the molecule is c1ncncn1.c1nncs1. The molecule has 0 spiro atoms. The lowest BCUT2D eigenvalue weighted by Gasteiger charge is -1.69. The van der Waals surface area contributed by atoms with Gasteiger partial charge in [-0.25, -0.2) is 15.0 Å². The predicted octanol–water partition coefficient (Wildman–Crippen LogP) is 0.410. The highest BCUT2D eigenvalue weighted by Crippen LogP contribution is 1.80. The summed E-state index contributed by atoms with van der Waals surface area (Å²) >= 11 is 1.49. The topological polar surface area (TPSA) is 64.5 Å². The Bertz CT molecular complexity index is 201. The van der Waals surface area contributed by atoms with E-state index in [4.69, 9.17) is 0 Å². The van der Waals surface area contributed by atoms with Gasteiger partial charge in [0.25, 0.3) is 0 Å². The molecule has 0 bridgehead atoms. The Hall–Kier alpha value is -1.43. The first-order valence-corrected chi connectivity index (χ1v) is 3.68. The van der Waals surface area contributed by atoms with E-state index in [1.807, 2.05) is 0 Å². The van der Waals surface area contributed by atoms with Gasteiger partial charge >= 0.3 is 0 Å². The van der Waals surface area contributed by atoms with Gasteiger partial charge in [-0.15, -0.1) is 21.5 Å². The number of rotatable bonds is 0. The highest BCUT2D eigenvalue weighted by Gasteiger charge is 1.60. The van der Waals surface area contributed by atoms with Crippen LogP contribution in [0.25, 0.3) is 0 Å². The van der Waals surface area contributed by atoms with E-state index < -0.39 is 0 Å². The lowest BCUT2D eigenvalue weighted by Crippen LogP contribution is -1.73. The van der Waals surface area contributed by atoms with Crippen LogP contribution in [0.15, 0.2) is 30.0 Å². The van der Waals surface area contributed by atoms with Crippen LogP contribution in [0.3, 0.4) is 0 Å². The van der Waals surface area contributed by atoms with Gasteiger partial charge in [0.1, 0.15) is 30.0 Å². The third-order valence-corrected chi connectivity index (χ3v) is 1.11. The fraction of sp³-hybridized carbons (Fsp3) is 0. The Kier molecular flexibility index (Phi) is 3.74. The zero-order valence-electron chi connectivity index (χ0n) is 5.53. The van der Waals surface area contributed by atoms with Gasteiger partial charge in [-0.05, 0) is 0 Å². The van der Waals surface area contributed by atoms with Crippen molar-refractivity contribution < 1.29 is 0 Å². The van der Waals surface area contributed by atoms with Gasteiger partial charge in [-0.3, -0.25) is 0 Å². The zero-order valence-corrected chi connectivity index (χ0v) is 6.35. The largest absolute Gasteiger partial charge is 0.225 e. The Labute approximate surface area is 67.2 Å². The van der Waals surface area contributed by atoms with Crippen LogP contribution in [0, 0.1) is 0 Å². The number of nitrogens with zero attached hydrogens (tertiary/aromatic N) is 5. The van der Waals surface area contributed by atoms with Gasteiger partial charge in [0.05, 0.1) is 0 Å². The Morgan fingerprint density at radius 2 is 1.18 bits per heavy atom. The second kappa shape index (κ2) is 5.36. The van der Waals surface area contributed by atoms with Gasteiger partial charge in [0.15, 0.2) is 0 Å². The van der Waals surface area contributed by atoms with Crippen LogP contribution in [-0.2, 0) is 0 Å². The summed E-state index contributed by atoms with van der Waals surface area (Å²) < 4.78 is 0. The molecule has 11 heavy (non-hydrogen) atoms. The van der Waals surface area contributed by atoms with Gasteiger partial charge in [0.2, 0.25) is 0 Å². The summed E-state index contributed by atoms with van der Waals surface area (Å²) in [7, 11) is 0. The van der Waals surface area contributed by atoms with Gasteiger partial charge < -0.3 is 0 Å². The molecule has 0 aliphatic heterocycles. The average Bonchev–Trinajstić information content (AvgIpc) is 2.64. The molecule has 0 radical (unpaired) electrons. The predicted molar refractivity (Wildman–Crippen MR) is 39.7 cm³/mol. The van der Waals surface area contributed by atoms with Crippen LogP contribution in [-0.4, -0.2) is 25.1 Å². The monoisotopic (exact) mass is 167 g/mol. The summed E-state index contributed by atoms with van der Waals surface area (Å²) in [6, 6.07) is 0. The highest BCUT2D eigenvalue weighted by atomic mass is 32.1. The quantitative estimate of drug-likeness (QED) is 0.568. The van der Waals surface area contributed by atoms with Gasteiger partial charge in [-0.1, -0.05) is 0 Å². The normalized spacial score (nSPS) is 8.00. The second-order valence-corrected chi connectivity index (χ2v) is 2.07. The van der Waals surface area contributed by atoms with E-state index in [1.54, 1.807) is 11.0 Å². The van der Waals surface area contributed by atoms with Crippen molar-refractivity contribution in [2.75, 3.05) is 0 Å². The molecule has 0 aliphatic carbocycles. The van der Waals surface area contributed by atoms with Crippen LogP contribution >= 0.6 is 11.3 Å². The van der Waals surface area contributed by atoms with E-state index in [-0.39, 0.29) is 0 Å². The third-order valence-electron chi connectivity index (χ3n) is 0.683. The van der Waals surface area contributed by atoms with Crippen LogP contribution in [0.1, 0.15) is 0 Å². The molecule has 0 atom stereocenters. The van der Waals surface area contributed by atoms with Crippen molar-refractivity contribution in [1.82, 2.24) is 25.1 Å². The molecule has 2 rings (SSSR count). The van der Waals surface area contributed by atoms with Gasteiger partial charge in [0, 0.05) is 0 Å². The third kappa shape index (κ3) is 4.04. The summed E-state index contributed by atoms with van der Waals surface area (Å²) in [5, 5.41) is 6.98. The second-order valence-electron chi connectivity index (χ2n) is 1.37. The van der Waals surface area contributed by atoms with Crippen molar-refractivity contribution in [1.29, 1.82) is 0 Å². The van der Waals surface area contributed by atoms with E-state index in [0.717, 1.165) is 0 Å². The summed E-state index contributed by atoms with van der Waals surface area (Å²) in [6.45, 7) is 0. The standard InChI is InChI=1S/C3H3N3.C2H2N2S/c1-4-2-6-3-5-1;1-3-4-2-5-1/h1-3H;1-2H. The highest BCUT2D eigenvalue weighted by molar-refractivity contribution is 7.07. The molecule has 0 amide bonds. The summed E-state index contributed by atoms with van der Waals surface area (Å²) in [4.78, 5) is 10.7. The maximum absolute atomic E-state index is 3.56. The Morgan fingerprint density at radius 1 is 0.727 bits per heavy atom. The Balaban J connectivity index is 0.000000112.